The lowest BCUT2D eigenvalue weighted by Crippen LogP contribution is -2.14. The molecule has 1 aromatic carbocycles. The topological polar surface area (TPSA) is 46.5 Å². The predicted molar refractivity (Wildman–Crippen MR) is 61.1 cm³/mol. The molecule has 5 heteroatoms. The van der Waals surface area contributed by atoms with Crippen molar-refractivity contribution in [2.24, 2.45) is 0 Å². The molecule has 0 unspecified atom stereocenters. The summed E-state index contributed by atoms with van der Waals surface area (Å²) in [5.74, 6) is -1.44. The summed E-state index contributed by atoms with van der Waals surface area (Å²) in [6.45, 7) is 0. The van der Waals surface area contributed by atoms with Crippen molar-refractivity contribution in [1.29, 1.82) is 0 Å². The summed E-state index contributed by atoms with van der Waals surface area (Å²) >= 11 is 5.67. The van der Waals surface area contributed by atoms with Crippen LogP contribution in [0, 0.1) is 5.82 Å². The number of rotatable bonds is 4. The fraction of sp³-hybridized carbons (Fsp3) is 0.417. The van der Waals surface area contributed by atoms with Crippen molar-refractivity contribution in [3.63, 3.8) is 0 Å². The minimum atomic E-state index is -0.889. The number of carbonyl (C=O) groups is 1. The van der Waals surface area contributed by atoms with Gasteiger partial charge in [-0.05, 0) is 18.9 Å². The van der Waals surface area contributed by atoms with Crippen LogP contribution in [0.1, 0.15) is 24.8 Å². The Morgan fingerprint density at radius 3 is 2.71 bits per heavy atom. The van der Waals surface area contributed by atoms with E-state index in [-0.39, 0.29) is 17.2 Å². The number of hydrogen-bond donors (Lipinski definition) is 1. The van der Waals surface area contributed by atoms with Gasteiger partial charge in [0.05, 0.1) is 18.6 Å². The van der Waals surface area contributed by atoms with Crippen molar-refractivity contribution in [3.8, 4) is 5.75 Å². The van der Waals surface area contributed by atoms with Crippen molar-refractivity contribution >= 4 is 17.6 Å². The highest BCUT2D eigenvalue weighted by Gasteiger charge is 2.48. The van der Waals surface area contributed by atoms with Crippen LogP contribution in [0.5, 0.6) is 5.75 Å². The fourth-order valence-corrected chi connectivity index (χ4v) is 2.28. The third-order valence-corrected chi connectivity index (χ3v) is 3.46. The number of halogens is 2. The van der Waals surface area contributed by atoms with E-state index in [9.17, 15) is 9.18 Å². The largest absolute Gasteiger partial charge is 0.493 e. The Morgan fingerprint density at radius 2 is 2.24 bits per heavy atom. The second-order valence-corrected chi connectivity index (χ2v) is 4.70. The van der Waals surface area contributed by atoms with Gasteiger partial charge >= 0.3 is 5.97 Å². The Bertz CT molecular complexity index is 469. The van der Waals surface area contributed by atoms with Crippen LogP contribution < -0.4 is 4.74 Å². The first-order chi connectivity index (χ1) is 8.00. The van der Waals surface area contributed by atoms with Crippen LogP contribution in [0.4, 0.5) is 4.39 Å². The van der Waals surface area contributed by atoms with Crippen LogP contribution in [-0.2, 0) is 10.2 Å². The summed E-state index contributed by atoms with van der Waals surface area (Å²) in [6, 6.07) is 3.09. The van der Waals surface area contributed by atoms with Gasteiger partial charge in [0.2, 0.25) is 0 Å². The average Bonchev–Trinajstić information content (AvgIpc) is 3.01. The standard InChI is InChI=1S/C12H12ClFO3/c1-17-11-7(2-3-8(13)10(11)14)12(4-5-12)6-9(15)16/h2-3H,4-6H2,1H3,(H,15,16). The van der Waals surface area contributed by atoms with Gasteiger partial charge < -0.3 is 9.84 Å². The van der Waals surface area contributed by atoms with Gasteiger partial charge in [-0.2, -0.15) is 0 Å². The minimum Gasteiger partial charge on any atom is -0.493 e. The molecule has 0 atom stereocenters. The third-order valence-electron chi connectivity index (χ3n) is 3.17. The molecule has 0 heterocycles. The number of ether oxygens (including phenoxy) is 1. The van der Waals surface area contributed by atoms with E-state index < -0.39 is 17.2 Å². The van der Waals surface area contributed by atoms with E-state index in [1.807, 2.05) is 0 Å². The minimum absolute atomic E-state index is 0.00949. The molecule has 1 saturated carbocycles. The van der Waals surface area contributed by atoms with Gasteiger partial charge in [-0.3, -0.25) is 4.79 Å². The van der Waals surface area contributed by atoms with Crippen molar-refractivity contribution in [2.75, 3.05) is 7.11 Å². The molecule has 1 N–H and O–H groups in total. The molecule has 0 radical (unpaired) electrons. The predicted octanol–water partition coefficient (Wildman–Crippen LogP) is 2.99. The second-order valence-electron chi connectivity index (χ2n) is 4.29. The zero-order valence-corrected chi connectivity index (χ0v) is 10.1. The molecule has 3 nitrogen and oxygen atoms in total. The van der Waals surface area contributed by atoms with E-state index in [0.717, 1.165) is 12.8 Å². The molecule has 1 aromatic rings. The molecule has 0 saturated heterocycles. The molecule has 0 bridgehead atoms. The fourth-order valence-electron chi connectivity index (χ4n) is 2.13. The SMILES string of the molecule is COc1c(C2(CC(=O)O)CC2)ccc(Cl)c1F. The molecule has 0 aromatic heterocycles. The third kappa shape index (κ3) is 2.09. The van der Waals surface area contributed by atoms with Crippen LogP contribution in [0.15, 0.2) is 12.1 Å². The molecule has 0 aliphatic heterocycles. The van der Waals surface area contributed by atoms with Crippen molar-refractivity contribution in [3.05, 3.63) is 28.5 Å². The van der Waals surface area contributed by atoms with Gasteiger partial charge in [0.25, 0.3) is 0 Å². The first-order valence-electron chi connectivity index (χ1n) is 5.24. The monoisotopic (exact) mass is 258 g/mol. The molecule has 1 aliphatic carbocycles. The molecule has 0 amide bonds. The summed E-state index contributed by atoms with van der Waals surface area (Å²) in [4.78, 5) is 10.8. The van der Waals surface area contributed by atoms with Gasteiger partial charge in [-0.25, -0.2) is 4.39 Å². The van der Waals surface area contributed by atoms with Crippen molar-refractivity contribution in [1.82, 2.24) is 0 Å². The van der Waals surface area contributed by atoms with E-state index in [2.05, 4.69) is 0 Å². The number of benzene rings is 1. The highest BCUT2D eigenvalue weighted by atomic mass is 35.5. The number of carboxylic acid groups (broad SMARTS) is 1. The van der Waals surface area contributed by atoms with Crippen LogP contribution in [0.3, 0.4) is 0 Å². The normalized spacial score (nSPS) is 16.6. The zero-order chi connectivity index (χ0) is 12.6. The van der Waals surface area contributed by atoms with Gasteiger partial charge in [-0.1, -0.05) is 17.7 Å². The molecular weight excluding hydrogens is 247 g/mol. The number of hydrogen-bond acceptors (Lipinski definition) is 2. The van der Waals surface area contributed by atoms with Crippen molar-refractivity contribution < 1.29 is 19.0 Å². The lowest BCUT2D eigenvalue weighted by molar-refractivity contribution is -0.137. The van der Waals surface area contributed by atoms with E-state index in [4.69, 9.17) is 21.4 Å². The molecule has 2 rings (SSSR count). The van der Waals surface area contributed by atoms with Crippen LogP contribution >= 0.6 is 11.6 Å². The smallest absolute Gasteiger partial charge is 0.304 e. The van der Waals surface area contributed by atoms with Gasteiger partial charge in [-0.15, -0.1) is 0 Å². The Morgan fingerprint density at radius 1 is 1.59 bits per heavy atom. The summed E-state index contributed by atoms with van der Waals surface area (Å²) < 4.78 is 18.8. The van der Waals surface area contributed by atoms with Gasteiger partial charge in [0.1, 0.15) is 0 Å². The number of aliphatic carboxylic acids is 1. The van der Waals surface area contributed by atoms with Crippen LogP contribution in [-0.4, -0.2) is 18.2 Å². The second kappa shape index (κ2) is 4.18. The van der Waals surface area contributed by atoms with E-state index in [1.54, 1.807) is 6.07 Å². The first-order valence-corrected chi connectivity index (χ1v) is 5.62. The highest BCUT2D eigenvalue weighted by Crippen LogP contribution is 2.54. The van der Waals surface area contributed by atoms with Gasteiger partial charge in [0.15, 0.2) is 11.6 Å². The number of methoxy groups -OCH3 is 1. The maximum Gasteiger partial charge on any atom is 0.304 e. The molecule has 92 valence electrons. The molecular formula is C12H12ClFO3. The van der Waals surface area contributed by atoms with E-state index in [0.29, 0.717) is 5.56 Å². The average molecular weight is 259 g/mol. The van der Waals surface area contributed by atoms with Crippen LogP contribution in [0.25, 0.3) is 0 Å². The van der Waals surface area contributed by atoms with E-state index >= 15 is 0 Å². The zero-order valence-electron chi connectivity index (χ0n) is 9.30. The Labute approximate surface area is 103 Å². The molecule has 1 aliphatic rings. The number of carboxylic acids is 1. The lowest BCUT2D eigenvalue weighted by Gasteiger charge is -2.17. The first kappa shape index (κ1) is 12.2. The quantitative estimate of drug-likeness (QED) is 0.903. The lowest BCUT2D eigenvalue weighted by atomic mass is 9.91. The van der Waals surface area contributed by atoms with Gasteiger partial charge in [0, 0.05) is 11.0 Å². The maximum atomic E-state index is 13.8. The Kier molecular flexibility index (Phi) is 3.00. The molecule has 1 fully saturated rings. The van der Waals surface area contributed by atoms with E-state index in [1.165, 1.54) is 13.2 Å². The summed E-state index contributed by atoms with van der Waals surface area (Å²) in [5, 5.41) is 8.86. The molecule has 17 heavy (non-hydrogen) atoms. The Balaban J connectivity index is 2.46. The Hall–Kier alpha value is -1.29. The van der Waals surface area contributed by atoms with Crippen LogP contribution in [0.2, 0.25) is 5.02 Å². The summed E-state index contributed by atoms with van der Waals surface area (Å²) in [6.07, 6.45) is 1.46. The summed E-state index contributed by atoms with van der Waals surface area (Å²) in [7, 11) is 1.36. The molecule has 0 spiro atoms. The van der Waals surface area contributed by atoms with Crippen molar-refractivity contribution in [2.45, 2.75) is 24.7 Å². The highest BCUT2D eigenvalue weighted by molar-refractivity contribution is 6.30. The maximum absolute atomic E-state index is 13.8. The summed E-state index contributed by atoms with van der Waals surface area (Å²) in [5.41, 5.74) is 0.118.